The number of carbonyl (C=O) groups excluding carboxylic acids is 1. The molecule has 0 fully saturated rings. The van der Waals surface area contributed by atoms with Crippen molar-refractivity contribution in [1.29, 1.82) is 0 Å². The van der Waals surface area contributed by atoms with Crippen molar-refractivity contribution in [2.24, 2.45) is 0 Å². The van der Waals surface area contributed by atoms with Crippen molar-refractivity contribution >= 4 is 23.2 Å². The molecule has 0 atom stereocenters. The van der Waals surface area contributed by atoms with Crippen LogP contribution in [0.5, 0.6) is 5.88 Å². The Hall–Kier alpha value is -2.14. The van der Waals surface area contributed by atoms with Gasteiger partial charge in [-0.3, -0.25) is 4.79 Å². The van der Waals surface area contributed by atoms with E-state index in [0.29, 0.717) is 17.1 Å². The van der Waals surface area contributed by atoms with E-state index in [-0.39, 0.29) is 11.1 Å². The fourth-order valence-corrected chi connectivity index (χ4v) is 1.50. The topological polar surface area (TPSA) is 64.1 Å². The molecular weight excluding hydrogens is 254 g/mol. The summed E-state index contributed by atoms with van der Waals surface area (Å²) in [5.41, 5.74) is 1.01. The maximum atomic E-state index is 11.9. The predicted molar refractivity (Wildman–Crippen MR) is 68.0 cm³/mol. The van der Waals surface area contributed by atoms with Crippen molar-refractivity contribution in [3.63, 3.8) is 0 Å². The number of aromatic nitrogens is 2. The Morgan fingerprint density at radius 2 is 2.17 bits per heavy atom. The number of ether oxygens (including phenoxy) is 1. The van der Waals surface area contributed by atoms with Gasteiger partial charge < -0.3 is 10.1 Å². The van der Waals surface area contributed by atoms with E-state index in [0.717, 1.165) is 0 Å². The number of nitrogens with one attached hydrogen (secondary N) is 1. The zero-order valence-electron chi connectivity index (χ0n) is 9.55. The Morgan fingerprint density at radius 1 is 1.33 bits per heavy atom. The first-order valence-electron chi connectivity index (χ1n) is 5.12. The number of halogens is 1. The highest BCUT2D eigenvalue weighted by Crippen LogP contribution is 2.13. The standard InChI is InChI=1S/C12H10ClN3O2/c1-18-11-3-2-9(7-15-11)16-12(17)8-4-5-14-10(13)6-8/h2-7H,1H3,(H,16,17). The van der Waals surface area contributed by atoms with Gasteiger partial charge in [0, 0.05) is 17.8 Å². The van der Waals surface area contributed by atoms with Crippen LogP contribution in [-0.2, 0) is 0 Å². The highest BCUT2D eigenvalue weighted by Gasteiger charge is 2.07. The van der Waals surface area contributed by atoms with Gasteiger partial charge in [0.1, 0.15) is 5.15 Å². The normalized spacial score (nSPS) is 9.89. The fraction of sp³-hybridized carbons (Fsp3) is 0.0833. The summed E-state index contributed by atoms with van der Waals surface area (Å²) < 4.78 is 4.92. The SMILES string of the molecule is COc1ccc(NC(=O)c2ccnc(Cl)c2)cn1. The van der Waals surface area contributed by atoms with Gasteiger partial charge in [-0.15, -0.1) is 0 Å². The van der Waals surface area contributed by atoms with E-state index in [2.05, 4.69) is 15.3 Å². The van der Waals surface area contributed by atoms with E-state index in [1.165, 1.54) is 25.6 Å². The summed E-state index contributed by atoms with van der Waals surface area (Å²) in [5, 5.41) is 2.97. The number of nitrogens with zero attached hydrogens (tertiary/aromatic N) is 2. The first-order valence-corrected chi connectivity index (χ1v) is 5.50. The zero-order chi connectivity index (χ0) is 13.0. The lowest BCUT2D eigenvalue weighted by molar-refractivity contribution is 0.102. The van der Waals surface area contributed by atoms with Gasteiger partial charge in [0.2, 0.25) is 5.88 Å². The van der Waals surface area contributed by atoms with Crippen LogP contribution in [0.15, 0.2) is 36.7 Å². The first-order chi connectivity index (χ1) is 8.69. The molecule has 0 unspecified atom stereocenters. The van der Waals surface area contributed by atoms with Crippen LogP contribution in [0.4, 0.5) is 5.69 Å². The van der Waals surface area contributed by atoms with Crippen molar-refractivity contribution in [3.8, 4) is 5.88 Å². The second kappa shape index (κ2) is 5.46. The molecule has 5 nitrogen and oxygen atoms in total. The second-order valence-electron chi connectivity index (χ2n) is 3.41. The minimum Gasteiger partial charge on any atom is -0.481 e. The number of hydrogen-bond donors (Lipinski definition) is 1. The summed E-state index contributed by atoms with van der Waals surface area (Å²) in [4.78, 5) is 19.7. The van der Waals surface area contributed by atoms with Crippen LogP contribution in [0.3, 0.4) is 0 Å². The van der Waals surface area contributed by atoms with Crippen molar-refractivity contribution in [2.75, 3.05) is 12.4 Å². The van der Waals surface area contributed by atoms with Gasteiger partial charge in [0.25, 0.3) is 5.91 Å². The fourth-order valence-electron chi connectivity index (χ4n) is 1.32. The molecular formula is C12H10ClN3O2. The number of amides is 1. The average molecular weight is 264 g/mol. The molecule has 2 heterocycles. The summed E-state index contributed by atoms with van der Waals surface area (Å²) in [5.74, 6) is 0.214. The predicted octanol–water partition coefficient (Wildman–Crippen LogP) is 2.39. The maximum absolute atomic E-state index is 11.9. The molecule has 0 saturated heterocycles. The van der Waals surface area contributed by atoms with Crippen LogP contribution in [-0.4, -0.2) is 23.0 Å². The number of hydrogen-bond acceptors (Lipinski definition) is 4. The Labute approximate surface area is 109 Å². The van der Waals surface area contributed by atoms with Crippen LogP contribution in [0, 0.1) is 0 Å². The van der Waals surface area contributed by atoms with Crippen molar-refractivity contribution in [1.82, 2.24) is 9.97 Å². The highest BCUT2D eigenvalue weighted by molar-refractivity contribution is 6.29. The first kappa shape index (κ1) is 12.3. The molecule has 6 heteroatoms. The lowest BCUT2D eigenvalue weighted by atomic mass is 10.2. The third-order valence-corrected chi connectivity index (χ3v) is 2.40. The van der Waals surface area contributed by atoms with Gasteiger partial charge in [-0.1, -0.05) is 11.6 Å². The number of carbonyl (C=O) groups is 1. The van der Waals surface area contributed by atoms with Gasteiger partial charge in [0.05, 0.1) is 19.0 Å². The Balaban J connectivity index is 2.11. The molecule has 0 bridgehead atoms. The Morgan fingerprint density at radius 3 is 2.78 bits per heavy atom. The van der Waals surface area contributed by atoms with E-state index >= 15 is 0 Å². The Kier molecular flexibility index (Phi) is 3.74. The average Bonchev–Trinajstić information content (AvgIpc) is 2.39. The zero-order valence-corrected chi connectivity index (χ0v) is 10.3. The van der Waals surface area contributed by atoms with Crippen molar-refractivity contribution in [2.45, 2.75) is 0 Å². The molecule has 0 aliphatic carbocycles. The lowest BCUT2D eigenvalue weighted by Gasteiger charge is -2.05. The van der Waals surface area contributed by atoms with Gasteiger partial charge in [-0.2, -0.15) is 0 Å². The van der Waals surface area contributed by atoms with E-state index in [9.17, 15) is 4.79 Å². The monoisotopic (exact) mass is 263 g/mol. The molecule has 2 rings (SSSR count). The number of rotatable bonds is 3. The summed E-state index contributed by atoms with van der Waals surface area (Å²) >= 11 is 5.71. The third kappa shape index (κ3) is 2.95. The van der Waals surface area contributed by atoms with E-state index in [4.69, 9.17) is 16.3 Å². The molecule has 1 N–H and O–H groups in total. The van der Waals surface area contributed by atoms with Crippen LogP contribution >= 0.6 is 11.6 Å². The van der Waals surface area contributed by atoms with Gasteiger partial charge in [-0.25, -0.2) is 9.97 Å². The number of pyridine rings is 2. The molecule has 2 aromatic heterocycles. The van der Waals surface area contributed by atoms with Crippen LogP contribution < -0.4 is 10.1 Å². The number of methoxy groups -OCH3 is 1. The van der Waals surface area contributed by atoms with Crippen molar-refractivity contribution in [3.05, 3.63) is 47.4 Å². The smallest absolute Gasteiger partial charge is 0.255 e. The van der Waals surface area contributed by atoms with Crippen LogP contribution in [0.2, 0.25) is 5.15 Å². The van der Waals surface area contributed by atoms with E-state index < -0.39 is 0 Å². The van der Waals surface area contributed by atoms with Gasteiger partial charge >= 0.3 is 0 Å². The van der Waals surface area contributed by atoms with E-state index in [1.54, 1.807) is 18.2 Å². The number of anilines is 1. The lowest BCUT2D eigenvalue weighted by Crippen LogP contribution is -2.12. The van der Waals surface area contributed by atoms with Crippen molar-refractivity contribution < 1.29 is 9.53 Å². The minimum absolute atomic E-state index is 0.272. The molecule has 0 aromatic carbocycles. The summed E-state index contributed by atoms with van der Waals surface area (Å²) in [6, 6.07) is 6.44. The molecule has 0 aliphatic rings. The quantitative estimate of drug-likeness (QED) is 0.864. The molecule has 2 aromatic rings. The molecule has 0 saturated carbocycles. The second-order valence-corrected chi connectivity index (χ2v) is 3.80. The summed E-state index contributed by atoms with van der Waals surface area (Å²) in [6.07, 6.45) is 2.99. The van der Waals surface area contributed by atoms with Crippen LogP contribution in [0.1, 0.15) is 10.4 Å². The molecule has 0 radical (unpaired) electrons. The Bertz CT molecular complexity index is 558. The molecule has 1 amide bonds. The maximum Gasteiger partial charge on any atom is 0.255 e. The summed E-state index contributed by atoms with van der Waals surface area (Å²) in [7, 11) is 1.53. The molecule has 18 heavy (non-hydrogen) atoms. The van der Waals surface area contributed by atoms with Gasteiger partial charge in [0.15, 0.2) is 0 Å². The molecule has 92 valence electrons. The molecule has 0 aliphatic heterocycles. The third-order valence-electron chi connectivity index (χ3n) is 2.19. The largest absolute Gasteiger partial charge is 0.481 e. The minimum atomic E-state index is -0.272. The summed E-state index contributed by atoms with van der Waals surface area (Å²) in [6.45, 7) is 0. The van der Waals surface area contributed by atoms with Crippen LogP contribution in [0.25, 0.3) is 0 Å². The van der Waals surface area contributed by atoms with Gasteiger partial charge in [-0.05, 0) is 18.2 Å². The highest BCUT2D eigenvalue weighted by atomic mass is 35.5. The van der Waals surface area contributed by atoms with E-state index in [1.807, 2.05) is 0 Å². The molecule has 0 spiro atoms.